The summed E-state index contributed by atoms with van der Waals surface area (Å²) < 4.78 is 1.66. The van der Waals surface area contributed by atoms with Gasteiger partial charge in [-0.05, 0) is 17.7 Å². The molecule has 1 N–H and O–H groups in total. The van der Waals surface area contributed by atoms with Crippen LogP contribution in [0.4, 0.5) is 0 Å². The van der Waals surface area contributed by atoms with Crippen LogP contribution in [0.15, 0.2) is 30.6 Å². The highest BCUT2D eigenvalue weighted by atomic mass is 35.5. The highest BCUT2D eigenvalue weighted by Gasteiger charge is 2.02. The van der Waals surface area contributed by atoms with E-state index in [0.29, 0.717) is 17.4 Å². The van der Waals surface area contributed by atoms with E-state index in [9.17, 15) is 0 Å². The maximum atomic E-state index is 8.99. The van der Waals surface area contributed by atoms with Gasteiger partial charge in [0.05, 0.1) is 6.54 Å². The molecule has 1 aromatic heterocycles. The summed E-state index contributed by atoms with van der Waals surface area (Å²) in [4.78, 5) is 3.92. The third-order valence-electron chi connectivity index (χ3n) is 2.08. The lowest BCUT2D eigenvalue weighted by molar-refractivity contribution is 0.264. The second-order valence-electron chi connectivity index (χ2n) is 3.12. The lowest BCUT2D eigenvalue weighted by Gasteiger charge is -2.04. The van der Waals surface area contributed by atoms with E-state index in [2.05, 4.69) is 10.1 Å². The average molecular weight is 224 g/mol. The van der Waals surface area contributed by atoms with Gasteiger partial charge < -0.3 is 5.11 Å². The molecule has 0 aliphatic rings. The molecule has 0 saturated carbocycles. The van der Waals surface area contributed by atoms with Gasteiger partial charge in [-0.3, -0.25) is 0 Å². The molecule has 0 aliphatic heterocycles. The monoisotopic (exact) mass is 223 g/mol. The first-order chi connectivity index (χ1) is 7.29. The number of halogens is 1. The Labute approximate surface area is 92.1 Å². The van der Waals surface area contributed by atoms with E-state index < -0.39 is 0 Å². The fourth-order valence-corrected chi connectivity index (χ4v) is 1.43. The van der Waals surface area contributed by atoms with Crippen LogP contribution < -0.4 is 0 Å². The Morgan fingerprint density at radius 2 is 2.00 bits per heavy atom. The van der Waals surface area contributed by atoms with Crippen molar-refractivity contribution in [3.05, 3.63) is 47.0 Å². The maximum Gasteiger partial charge on any atom is 0.152 e. The van der Waals surface area contributed by atoms with Crippen LogP contribution >= 0.6 is 11.6 Å². The molecule has 0 unspecified atom stereocenters. The number of hydrogen-bond acceptors (Lipinski definition) is 3. The zero-order valence-corrected chi connectivity index (χ0v) is 8.72. The molecule has 5 heteroatoms. The van der Waals surface area contributed by atoms with Gasteiger partial charge in [0.2, 0.25) is 0 Å². The van der Waals surface area contributed by atoms with E-state index in [0.717, 1.165) is 5.56 Å². The van der Waals surface area contributed by atoms with Crippen molar-refractivity contribution in [1.82, 2.24) is 14.8 Å². The Morgan fingerprint density at radius 3 is 2.67 bits per heavy atom. The smallest absolute Gasteiger partial charge is 0.152 e. The molecule has 0 saturated heterocycles. The normalized spacial score (nSPS) is 10.5. The minimum absolute atomic E-state index is 0.104. The molecule has 0 amide bonds. The largest absolute Gasteiger partial charge is 0.388 e. The van der Waals surface area contributed by atoms with Gasteiger partial charge in [0.25, 0.3) is 0 Å². The van der Waals surface area contributed by atoms with Crippen molar-refractivity contribution in [3.8, 4) is 0 Å². The minimum atomic E-state index is -0.104. The summed E-state index contributed by atoms with van der Waals surface area (Å²) in [6.45, 7) is 0.487. The molecule has 1 aromatic carbocycles. The average Bonchev–Trinajstić information content (AvgIpc) is 2.69. The molecule has 78 valence electrons. The summed E-state index contributed by atoms with van der Waals surface area (Å²) in [6.07, 6.45) is 1.43. The van der Waals surface area contributed by atoms with E-state index in [1.54, 1.807) is 4.68 Å². The standard InChI is InChI=1S/C10H10ClN3O/c11-9-3-1-8(2-4-9)5-14-10(6-15)12-7-13-14/h1-4,7,15H,5-6H2. The summed E-state index contributed by atoms with van der Waals surface area (Å²) in [7, 11) is 0. The molecular weight excluding hydrogens is 214 g/mol. The van der Waals surface area contributed by atoms with Crippen LogP contribution in [0.5, 0.6) is 0 Å². The first-order valence-corrected chi connectivity index (χ1v) is 4.89. The summed E-state index contributed by atoms with van der Waals surface area (Å²) >= 11 is 5.78. The number of nitrogens with zero attached hydrogens (tertiary/aromatic N) is 3. The minimum Gasteiger partial charge on any atom is -0.388 e. The van der Waals surface area contributed by atoms with Crippen molar-refractivity contribution in [3.63, 3.8) is 0 Å². The van der Waals surface area contributed by atoms with E-state index >= 15 is 0 Å². The van der Waals surface area contributed by atoms with Crippen LogP contribution in [0, 0.1) is 0 Å². The van der Waals surface area contributed by atoms with Gasteiger partial charge in [-0.25, -0.2) is 9.67 Å². The van der Waals surface area contributed by atoms with Gasteiger partial charge >= 0.3 is 0 Å². The van der Waals surface area contributed by atoms with Crippen LogP contribution in [0.25, 0.3) is 0 Å². The Hall–Kier alpha value is -1.39. The van der Waals surface area contributed by atoms with Gasteiger partial charge in [0.15, 0.2) is 5.82 Å². The van der Waals surface area contributed by atoms with Gasteiger partial charge in [0, 0.05) is 5.02 Å². The van der Waals surface area contributed by atoms with Crippen LogP contribution in [0.3, 0.4) is 0 Å². The third-order valence-corrected chi connectivity index (χ3v) is 2.33. The molecule has 1 heterocycles. The van der Waals surface area contributed by atoms with Crippen molar-refractivity contribution in [1.29, 1.82) is 0 Å². The van der Waals surface area contributed by atoms with Gasteiger partial charge in [-0.15, -0.1) is 0 Å². The van der Waals surface area contributed by atoms with E-state index in [-0.39, 0.29) is 6.61 Å². The number of aliphatic hydroxyl groups is 1. The van der Waals surface area contributed by atoms with E-state index in [1.807, 2.05) is 24.3 Å². The molecule has 0 bridgehead atoms. The van der Waals surface area contributed by atoms with Crippen molar-refractivity contribution in [2.75, 3.05) is 0 Å². The van der Waals surface area contributed by atoms with E-state index in [1.165, 1.54) is 6.33 Å². The highest BCUT2D eigenvalue weighted by Crippen LogP contribution is 2.10. The number of aromatic nitrogens is 3. The summed E-state index contributed by atoms with van der Waals surface area (Å²) in [5, 5.41) is 13.7. The predicted octanol–water partition coefficient (Wildman–Crippen LogP) is 1.47. The second-order valence-corrected chi connectivity index (χ2v) is 3.55. The molecule has 2 aromatic rings. The number of benzene rings is 1. The molecule has 0 atom stereocenters. The third kappa shape index (κ3) is 2.34. The van der Waals surface area contributed by atoms with E-state index in [4.69, 9.17) is 16.7 Å². The second kappa shape index (κ2) is 4.42. The zero-order chi connectivity index (χ0) is 10.7. The van der Waals surface area contributed by atoms with Crippen LogP contribution in [-0.2, 0) is 13.2 Å². The fourth-order valence-electron chi connectivity index (χ4n) is 1.31. The molecule has 0 spiro atoms. The Bertz CT molecular complexity index is 438. The molecule has 0 aliphatic carbocycles. The summed E-state index contributed by atoms with van der Waals surface area (Å²) in [6, 6.07) is 7.50. The van der Waals surface area contributed by atoms with Crippen molar-refractivity contribution in [2.45, 2.75) is 13.2 Å². The molecular formula is C10H10ClN3O. The first-order valence-electron chi connectivity index (χ1n) is 4.51. The lowest BCUT2D eigenvalue weighted by atomic mass is 10.2. The highest BCUT2D eigenvalue weighted by molar-refractivity contribution is 6.30. The van der Waals surface area contributed by atoms with Gasteiger partial charge in [-0.2, -0.15) is 5.10 Å². The number of hydrogen-bond donors (Lipinski definition) is 1. The number of rotatable bonds is 3. The van der Waals surface area contributed by atoms with Gasteiger partial charge in [0.1, 0.15) is 12.9 Å². The van der Waals surface area contributed by atoms with Crippen LogP contribution in [0.2, 0.25) is 5.02 Å². The Balaban J connectivity index is 2.18. The Kier molecular flexibility index (Phi) is 2.99. The summed E-state index contributed by atoms with van der Waals surface area (Å²) in [5.74, 6) is 0.560. The molecule has 0 fully saturated rings. The van der Waals surface area contributed by atoms with Crippen molar-refractivity contribution in [2.24, 2.45) is 0 Å². The van der Waals surface area contributed by atoms with Crippen LogP contribution in [0.1, 0.15) is 11.4 Å². The quantitative estimate of drug-likeness (QED) is 0.858. The zero-order valence-electron chi connectivity index (χ0n) is 7.97. The molecule has 15 heavy (non-hydrogen) atoms. The topological polar surface area (TPSA) is 50.9 Å². The molecule has 0 radical (unpaired) electrons. The van der Waals surface area contributed by atoms with Gasteiger partial charge in [-0.1, -0.05) is 23.7 Å². The maximum absolute atomic E-state index is 8.99. The van der Waals surface area contributed by atoms with Crippen molar-refractivity contribution < 1.29 is 5.11 Å². The summed E-state index contributed by atoms with van der Waals surface area (Å²) in [5.41, 5.74) is 1.07. The predicted molar refractivity (Wildman–Crippen MR) is 56.5 cm³/mol. The Morgan fingerprint density at radius 1 is 1.27 bits per heavy atom. The van der Waals surface area contributed by atoms with Crippen LogP contribution in [-0.4, -0.2) is 19.9 Å². The number of aliphatic hydroxyl groups excluding tert-OH is 1. The molecule has 2 rings (SSSR count). The fraction of sp³-hybridized carbons (Fsp3) is 0.200. The SMILES string of the molecule is OCc1ncnn1Cc1ccc(Cl)cc1. The molecule has 4 nitrogen and oxygen atoms in total. The van der Waals surface area contributed by atoms with Crippen molar-refractivity contribution >= 4 is 11.6 Å². The first kappa shape index (κ1) is 10.1. The lowest BCUT2D eigenvalue weighted by Crippen LogP contribution is -2.06.